The number of piperazine rings is 1. The summed E-state index contributed by atoms with van der Waals surface area (Å²) < 4.78 is 0. The highest BCUT2D eigenvalue weighted by Gasteiger charge is 2.26. The molecule has 0 saturated carbocycles. The summed E-state index contributed by atoms with van der Waals surface area (Å²) in [5.41, 5.74) is 5.85. The molecule has 3 nitrogen and oxygen atoms in total. The van der Waals surface area contributed by atoms with Gasteiger partial charge < -0.3 is 5.73 Å². The van der Waals surface area contributed by atoms with E-state index in [2.05, 4.69) is 30.6 Å². The van der Waals surface area contributed by atoms with E-state index in [1.807, 2.05) is 0 Å². The van der Waals surface area contributed by atoms with Crippen LogP contribution in [0.5, 0.6) is 0 Å². The largest absolute Gasteiger partial charge is 0.329 e. The van der Waals surface area contributed by atoms with Crippen molar-refractivity contribution in [1.82, 2.24) is 9.80 Å². The lowest BCUT2D eigenvalue weighted by Gasteiger charge is -2.42. The molecule has 1 aliphatic heterocycles. The third kappa shape index (κ3) is 3.44. The maximum Gasteiger partial charge on any atom is 0.0219 e. The lowest BCUT2D eigenvalue weighted by molar-refractivity contribution is 0.0581. The standard InChI is InChI=1S/C12H27N3/c1-4-6-12(9-13)15-8-7-14(5-2)11(3)10-15/h11-12H,4-10,13H2,1-3H3. The van der Waals surface area contributed by atoms with Crippen LogP contribution in [0.25, 0.3) is 0 Å². The van der Waals surface area contributed by atoms with E-state index in [1.165, 1.54) is 39.0 Å². The second-order valence-corrected chi connectivity index (χ2v) is 4.65. The minimum Gasteiger partial charge on any atom is -0.329 e. The minimum absolute atomic E-state index is 0.608. The van der Waals surface area contributed by atoms with Crippen LogP contribution >= 0.6 is 0 Å². The number of rotatable bonds is 5. The molecule has 0 amide bonds. The van der Waals surface area contributed by atoms with Crippen molar-refractivity contribution >= 4 is 0 Å². The van der Waals surface area contributed by atoms with Gasteiger partial charge in [0.1, 0.15) is 0 Å². The van der Waals surface area contributed by atoms with Gasteiger partial charge >= 0.3 is 0 Å². The van der Waals surface area contributed by atoms with E-state index in [1.54, 1.807) is 0 Å². The first kappa shape index (κ1) is 12.9. The first-order valence-corrected chi connectivity index (χ1v) is 6.41. The normalized spacial score (nSPS) is 26.8. The van der Waals surface area contributed by atoms with E-state index < -0.39 is 0 Å². The van der Waals surface area contributed by atoms with Crippen molar-refractivity contribution in [3.8, 4) is 0 Å². The first-order valence-electron chi connectivity index (χ1n) is 6.41. The van der Waals surface area contributed by atoms with Gasteiger partial charge in [-0.2, -0.15) is 0 Å². The SMILES string of the molecule is CCCC(CN)N1CCN(CC)C(C)C1. The molecule has 1 fully saturated rings. The first-order chi connectivity index (χ1) is 7.22. The van der Waals surface area contributed by atoms with Gasteiger partial charge in [-0.3, -0.25) is 9.80 Å². The molecule has 0 radical (unpaired) electrons. The quantitative estimate of drug-likeness (QED) is 0.743. The fraction of sp³-hybridized carbons (Fsp3) is 1.00. The highest BCUT2D eigenvalue weighted by Crippen LogP contribution is 2.14. The maximum atomic E-state index is 5.85. The Hall–Kier alpha value is -0.120. The Morgan fingerprint density at radius 1 is 1.33 bits per heavy atom. The van der Waals surface area contributed by atoms with Crippen molar-refractivity contribution in [3.63, 3.8) is 0 Å². The smallest absolute Gasteiger partial charge is 0.0219 e. The Labute approximate surface area is 94.6 Å². The second-order valence-electron chi connectivity index (χ2n) is 4.65. The van der Waals surface area contributed by atoms with Gasteiger partial charge in [0.2, 0.25) is 0 Å². The summed E-state index contributed by atoms with van der Waals surface area (Å²) in [6.07, 6.45) is 2.49. The lowest BCUT2D eigenvalue weighted by atomic mass is 10.1. The van der Waals surface area contributed by atoms with Gasteiger partial charge in [0, 0.05) is 38.3 Å². The van der Waals surface area contributed by atoms with E-state index >= 15 is 0 Å². The summed E-state index contributed by atoms with van der Waals surface area (Å²) in [6.45, 7) is 12.4. The van der Waals surface area contributed by atoms with Crippen LogP contribution in [0.4, 0.5) is 0 Å². The van der Waals surface area contributed by atoms with Crippen molar-refractivity contribution in [3.05, 3.63) is 0 Å². The number of likely N-dealkylation sites (N-methyl/N-ethyl adjacent to an activating group) is 1. The molecule has 0 spiro atoms. The summed E-state index contributed by atoms with van der Waals surface area (Å²) in [4.78, 5) is 5.14. The fourth-order valence-electron chi connectivity index (χ4n) is 2.61. The van der Waals surface area contributed by atoms with Crippen LogP contribution in [-0.2, 0) is 0 Å². The molecular formula is C12H27N3. The van der Waals surface area contributed by atoms with Gasteiger partial charge in [0.25, 0.3) is 0 Å². The number of hydrogen-bond acceptors (Lipinski definition) is 3. The van der Waals surface area contributed by atoms with E-state index in [0.29, 0.717) is 12.1 Å². The van der Waals surface area contributed by atoms with Crippen LogP contribution < -0.4 is 5.73 Å². The predicted molar refractivity (Wildman–Crippen MR) is 66.0 cm³/mol. The van der Waals surface area contributed by atoms with Gasteiger partial charge in [-0.15, -0.1) is 0 Å². The van der Waals surface area contributed by atoms with E-state index in [0.717, 1.165) is 6.54 Å². The molecule has 15 heavy (non-hydrogen) atoms. The van der Waals surface area contributed by atoms with Crippen LogP contribution in [0.15, 0.2) is 0 Å². The number of nitrogens with two attached hydrogens (primary N) is 1. The zero-order valence-electron chi connectivity index (χ0n) is 10.6. The Morgan fingerprint density at radius 3 is 2.53 bits per heavy atom. The third-order valence-electron chi connectivity index (χ3n) is 3.61. The van der Waals surface area contributed by atoms with E-state index in [9.17, 15) is 0 Å². The molecule has 0 bridgehead atoms. The summed E-state index contributed by atoms with van der Waals surface area (Å²) in [7, 11) is 0. The molecule has 0 aliphatic carbocycles. The average Bonchev–Trinajstić information content (AvgIpc) is 2.25. The van der Waals surface area contributed by atoms with Crippen molar-refractivity contribution in [2.75, 3.05) is 32.7 Å². The molecule has 2 N–H and O–H groups in total. The summed E-state index contributed by atoms with van der Waals surface area (Å²) >= 11 is 0. The summed E-state index contributed by atoms with van der Waals surface area (Å²) in [6, 6.07) is 1.30. The minimum atomic E-state index is 0.608. The molecular weight excluding hydrogens is 186 g/mol. The highest BCUT2D eigenvalue weighted by atomic mass is 15.3. The molecule has 3 heteroatoms. The summed E-state index contributed by atoms with van der Waals surface area (Å²) in [5.74, 6) is 0. The van der Waals surface area contributed by atoms with Gasteiger partial charge in [-0.25, -0.2) is 0 Å². The average molecular weight is 213 g/mol. The van der Waals surface area contributed by atoms with Crippen molar-refractivity contribution in [1.29, 1.82) is 0 Å². The van der Waals surface area contributed by atoms with Crippen LogP contribution in [0.2, 0.25) is 0 Å². The molecule has 1 aliphatic rings. The highest BCUT2D eigenvalue weighted by molar-refractivity contribution is 4.83. The van der Waals surface area contributed by atoms with Crippen LogP contribution in [0.1, 0.15) is 33.6 Å². The molecule has 2 atom stereocenters. The van der Waals surface area contributed by atoms with Gasteiger partial charge in [-0.1, -0.05) is 20.3 Å². The Morgan fingerprint density at radius 2 is 2.07 bits per heavy atom. The zero-order chi connectivity index (χ0) is 11.3. The predicted octanol–water partition coefficient (Wildman–Crippen LogP) is 1.14. The fourth-order valence-corrected chi connectivity index (χ4v) is 2.61. The number of nitrogens with zero attached hydrogens (tertiary/aromatic N) is 2. The zero-order valence-corrected chi connectivity index (χ0v) is 10.6. The third-order valence-corrected chi connectivity index (χ3v) is 3.61. The van der Waals surface area contributed by atoms with Crippen LogP contribution in [-0.4, -0.2) is 54.6 Å². The Bertz CT molecular complexity index is 172. The summed E-state index contributed by atoms with van der Waals surface area (Å²) in [5, 5.41) is 0. The molecule has 90 valence electrons. The lowest BCUT2D eigenvalue weighted by Crippen LogP contribution is -2.56. The van der Waals surface area contributed by atoms with Crippen molar-refractivity contribution < 1.29 is 0 Å². The Kier molecular flexibility index (Phi) is 5.58. The number of hydrogen-bond donors (Lipinski definition) is 1. The topological polar surface area (TPSA) is 32.5 Å². The molecule has 1 heterocycles. The molecule has 2 unspecified atom stereocenters. The van der Waals surface area contributed by atoms with E-state index in [4.69, 9.17) is 5.73 Å². The van der Waals surface area contributed by atoms with Crippen LogP contribution in [0, 0.1) is 0 Å². The monoisotopic (exact) mass is 213 g/mol. The molecule has 1 saturated heterocycles. The van der Waals surface area contributed by atoms with Crippen molar-refractivity contribution in [2.45, 2.75) is 45.7 Å². The second kappa shape index (κ2) is 6.46. The molecule has 0 aromatic heterocycles. The molecule has 0 aromatic carbocycles. The maximum absolute atomic E-state index is 5.85. The van der Waals surface area contributed by atoms with E-state index in [-0.39, 0.29) is 0 Å². The van der Waals surface area contributed by atoms with Gasteiger partial charge in [0.15, 0.2) is 0 Å². The van der Waals surface area contributed by atoms with Crippen LogP contribution in [0.3, 0.4) is 0 Å². The van der Waals surface area contributed by atoms with Crippen molar-refractivity contribution in [2.24, 2.45) is 5.73 Å². The molecule has 0 aromatic rings. The van der Waals surface area contributed by atoms with Gasteiger partial charge in [0.05, 0.1) is 0 Å². The molecule has 1 rings (SSSR count). The Balaban J connectivity index is 2.44. The van der Waals surface area contributed by atoms with Gasteiger partial charge in [-0.05, 0) is 19.9 Å².